The molecule has 1 fully saturated rings. The first-order chi connectivity index (χ1) is 10.4. The van der Waals surface area contributed by atoms with Crippen molar-refractivity contribution in [3.63, 3.8) is 0 Å². The third-order valence-corrected chi connectivity index (χ3v) is 3.95. The van der Waals surface area contributed by atoms with Crippen molar-refractivity contribution >= 4 is 0 Å². The maximum absolute atomic E-state index is 12.7. The Kier molecular flexibility index (Phi) is 5.18. The number of aliphatic hydroxyl groups is 1. The lowest BCUT2D eigenvalue weighted by molar-refractivity contribution is -0.272. The van der Waals surface area contributed by atoms with Crippen molar-refractivity contribution in [2.45, 2.75) is 24.6 Å². The minimum absolute atomic E-state index is 0.200. The van der Waals surface area contributed by atoms with Crippen LogP contribution in [0.3, 0.4) is 0 Å². The molecule has 4 nitrogen and oxygen atoms in total. The molecule has 1 heterocycles. The van der Waals surface area contributed by atoms with Crippen LogP contribution in [0.2, 0.25) is 0 Å². The molecule has 0 bridgehead atoms. The molecule has 1 N–H and O–H groups in total. The highest BCUT2D eigenvalue weighted by Gasteiger charge is 2.54. The van der Waals surface area contributed by atoms with Crippen molar-refractivity contribution in [3.8, 4) is 11.5 Å². The Balaban J connectivity index is 1.78. The van der Waals surface area contributed by atoms with E-state index in [1.807, 2.05) is 17.0 Å². The summed E-state index contributed by atoms with van der Waals surface area (Å²) in [6.07, 6.45) is -5.16. The maximum atomic E-state index is 12.7. The van der Waals surface area contributed by atoms with E-state index in [1.165, 1.54) is 0 Å². The normalized spacial score (nSPS) is 19.0. The van der Waals surface area contributed by atoms with Crippen LogP contribution >= 0.6 is 0 Å². The monoisotopic (exact) mass is 319 g/mol. The number of benzene rings is 1. The summed E-state index contributed by atoms with van der Waals surface area (Å²) in [5.74, 6) is 1.22. The molecule has 1 aromatic carbocycles. The lowest BCUT2D eigenvalue weighted by Crippen LogP contribution is -2.53. The zero-order valence-corrected chi connectivity index (χ0v) is 12.4. The largest absolute Gasteiger partial charge is 0.493 e. The Bertz CT molecular complexity index is 485. The zero-order chi connectivity index (χ0) is 16.2. The molecule has 0 atom stereocenters. The molecule has 0 radical (unpaired) electrons. The van der Waals surface area contributed by atoms with Crippen LogP contribution < -0.4 is 9.47 Å². The predicted octanol–water partition coefficient (Wildman–Crippen LogP) is 2.46. The number of hydrogen-bond donors (Lipinski definition) is 1. The van der Waals surface area contributed by atoms with Crippen molar-refractivity contribution in [1.82, 2.24) is 4.90 Å². The fourth-order valence-corrected chi connectivity index (χ4v) is 2.45. The number of piperidine rings is 1. The quantitative estimate of drug-likeness (QED) is 0.905. The number of rotatable bonds is 5. The SMILES string of the molecule is COc1ccccc1OCCN1CCC(O)(C(F)(F)F)CC1. The number of para-hydroxylation sites is 2. The first-order valence-electron chi connectivity index (χ1n) is 7.13. The number of nitrogens with zero attached hydrogens (tertiary/aromatic N) is 1. The Morgan fingerprint density at radius 1 is 1.18 bits per heavy atom. The van der Waals surface area contributed by atoms with E-state index in [0.29, 0.717) is 24.7 Å². The molecule has 1 aliphatic rings. The molecule has 2 rings (SSSR count). The van der Waals surface area contributed by atoms with E-state index in [0.717, 1.165) is 0 Å². The molecule has 0 amide bonds. The highest BCUT2D eigenvalue weighted by atomic mass is 19.4. The fraction of sp³-hybridized carbons (Fsp3) is 0.600. The van der Waals surface area contributed by atoms with Gasteiger partial charge in [-0.3, -0.25) is 4.90 Å². The van der Waals surface area contributed by atoms with Gasteiger partial charge < -0.3 is 14.6 Å². The van der Waals surface area contributed by atoms with Gasteiger partial charge in [-0.1, -0.05) is 12.1 Å². The molecule has 124 valence electrons. The number of hydrogen-bond acceptors (Lipinski definition) is 4. The van der Waals surface area contributed by atoms with Crippen LogP contribution in [0.15, 0.2) is 24.3 Å². The average Bonchev–Trinajstić information content (AvgIpc) is 2.49. The van der Waals surface area contributed by atoms with Crippen molar-refractivity contribution in [2.75, 3.05) is 33.4 Å². The second-order valence-corrected chi connectivity index (χ2v) is 5.37. The van der Waals surface area contributed by atoms with Crippen LogP contribution in [-0.4, -0.2) is 55.1 Å². The molecule has 1 saturated heterocycles. The van der Waals surface area contributed by atoms with Crippen molar-refractivity contribution in [1.29, 1.82) is 0 Å². The lowest BCUT2D eigenvalue weighted by atomic mass is 9.91. The molecule has 1 aromatic rings. The molecule has 0 aliphatic carbocycles. The van der Waals surface area contributed by atoms with Gasteiger partial charge >= 0.3 is 6.18 Å². The summed E-state index contributed by atoms with van der Waals surface area (Å²) >= 11 is 0. The average molecular weight is 319 g/mol. The van der Waals surface area contributed by atoms with Crippen LogP contribution in [0.1, 0.15) is 12.8 Å². The lowest BCUT2D eigenvalue weighted by Gasteiger charge is -2.39. The summed E-state index contributed by atoms with van der Waals surface area (Å²) in [4.78, 5) is 1.86. The van der Waals surface area contributed by atoms with Crippen LogP contribution in [0.4, 0.5) is 13.2 Å². The van der Waals surface area contributed by atoms with E-state index in [1.54, 1.807) is 19.2 Å². The standard InChI is InChI=1S/C15H20F3NO3/c1-21-12-4-2-3-5-13(12)22-11-10-19-8-6-14(20,7-9-19)15(16,17)18/h2-5,20H,6-11H2,1H3. The Labute approximate surface area is 127 Å². The Morgan fingerprint density at radius 2 is 1.77 bits per heavy atom. The highest BCUT2D eigenvalue weighted by Crippen LogP contribution is 2.38. The summed E-state index contributed by atoms with van der Waals surface area (Å²) in [5, 5.41) is 9.60. The second kappa shape index (κ2) is 6.75. The van der Waals surface area contributed by atoms with E-state index in [9.17, 15) is 18.3 Å². The van der Waals surface area contributed by atoms with Crippen LogP contribution in [0.5, 0.6) is 11.5 Å². The summed E-state index contributed by atoms with van der Waals surface area (Å²) < 4.78 is 48.9. The first-order valence-corrected chi connectivity index (χ1v) is 7.13. The minimum Gasteiger partial charge on any atom is -0.493 e. The summed E-state index contributed by atoms with van der Waals surface area (Å²) in [6.45, 7) is 1.26. The highest BCUT2D eigenvalue weighted by molar-refractivity contribution is 5.39. The molecular weight excluding hydrogens is 299 g/mol. The number of halogens is 3. The topological polar surface area (TPSA) is 41.9 Å². The Hall–Kier alpha value is -1.47. The smallest absolute Gasteiger partial charge is 0.417 e. The molecular formula is C15H20F3NO3. The van der Waals surface area contributed by atoms with Crippen LogP contribution in [0, 0.1) is 0 Å². The maximum Gasteiger partial charge on any atom is 0.417 e. The summed E-state index contributed by atoms with van der Waals surface area (Å²) in [6, 6.07) is 7.20. The minimum atomic E-state index is -4.56. The van der Waals surface area contributed by atoms with Gasteiger partial charge in [0, 0.05) is 19.6 Å². The number of methoxy groups -OCH3 is 1. The first kappa shape index (κ1) is 16.9. The number of alkyl halides is 3. The van der Waals surface area contributed by atoms with E-state index < -0.39 is 11.8 Å². The van der Waals surface area contributed by atoms with Gasteiger partial charge in [0.2, 0.25) is 0 Å². The van der Waals surface area contributed by atoms with E-state index >= 15 is 0 Å². The third-order valence-electron chi connectivity index (χ3n) is 3.95. The molecule has 0 aromatic heterocycles. The summed E-state index contributed by atoms with van der Waals surface area (Å²) in [5.41, 5.74) is -2.55. The van der Waals surface area contributed by atoms with Gasteiger partial charge in [-0.15, -0.1) is 0 Å². The van der Waals surface area contributed by atoms with Crippen molar-refractivity contribution < 1.29 is 27.8 Å². The third kappa shape index (κ3) is 3.84. The van der Waals surface area contributed by atoms with Gasteiger partial charge in [0.15, 0.2) is 17.1 Å². The van der Waals surface area contributed by atoms with E-state index in [-0.39, 0.29) is 25.9 Å². The summed E-state index contributed by atoms with van der Waals surface area (Å²) in [7, 11) is 1.55. The molecule has 0 unspecified atom stereocenters. The zero-order valence-electron chi connectivity index (χ0n) is 12.4. The molecule has 0 saturated carbocycles. The predicted molar refractivity (Wildman–Crippen MR) is 75.2 cm³/mol. The van der Waals surface area contributed by atoms with Gasteiger partial charge in [-0.05, 0) is 25.0 Å². The van der Waals surface area contributed by atoms with Gasteiger partial charge in [0.1, 0.15) is 6.61 Å². The van der Waals surface area contributed by atoms with Gasteiger partial charge in [0.25, 0.3) is 0 Å². The number of likely N-dealkylation sites (tertiary alicyclic amines) is 1. The molecule has 22 heavy (non-hydrogen) atoms. The van der Waals surface area contributed by atoms with Crippen molar-refractivity contribution in [3.05, 3.63) is 24.3 Å². The fourth-order valence-electron chi connectivity index (χ4n) is 2.45. The van der Waals surface area contributed by atoms with Gasteiger partial charge in [-0.2, -0.15) is 13.2 Å². The van der Waals surface area contributed by atoms with Crippen LogP contribution in [0.25, 0.3) is 0 Å². The Morgan fingerprint density at radius 3 is 2.32 bits per heavy atom. The second-order valence-electron chi connectivity index (χ2n) is 5.37. The van der Waals surface area contributed by atoms with Gasteiger partial charge in [0.05, 0.1) is 7.11 Å². The number of ether oxygens (including phenoxy) is 2. The van der Waals surface area contributed by atoms with Crippen LogP contribution in [-0.2, 0) is 0 Å². The van der Waals surface area contributed by atoms with Crippen molar-refractivity contribution in [2.24, 2.45) is 0 Å². The van der Waals surface area contributed by atoms with Gasteiger partial charge in [-0.25, -0.2) is 0 Å². The molecule has 1 aliphatic heterocycles. The molecule has 7 heteroatoms. The van der Waals surface area contributed by atoms with E-state index in [2.05, 4.69) is 0 Å². The molecule has 0 spiro atoms. The van der Waals surface area contributed by atoms with E-state index in [4.69, 9.17) is 9.47 Å².